The summed E-state index contributed by atoms with van der Waals surface area (Å²) in [5.74, 6) is -0.597. The van der Waals surface area contributed by atoms with E-state index >= 15 is 0 Å². The summed E-state index contributed by atoms with van der Waals surface area (Å²) in [5.41, 5.74) is 2.25. The Balaban J connectivity index is 3.02. The number of amides is 1. The SMILES string of the molecule is CCOC(=O)/C=C/c1cc(C)ccc1C(=O)NC. The van der Waals surface area contributed by atoms with E-state index in [1.165, 1.54) is 6.08 Å². The van der Waals surface area contributed by atoms with Gasteiger partial charge >= 0.3 is 5.97 Å². The maximum atomic E-state index is 11.7. The molecule has 0 saturated carbocycles. The first kappa shape index (κ1) is 14.0. The van der Waals surface area contributed by atoms with E-state index < -0.39 is 5.97 Å². The molecule has 0 aliphatic rings. The average Bonchev–Trinajstić information content (AvgIpc) is 2.36. The van der Waals surface area contributed by atoms with Crippen LogP contribution in [0, 0.1) is 6.92 Å². The highest BCUT2D eigenvalue weighted by Gasteiger charge is 2.08. The molecule has 0 aliphatic heterocycles. The molecule has 0 spiro atoms. The Hall–Kier alpha value is -2.10. The molecule has 1 aromatic rings. The number of ether oxygens (including phenoxy) is 1. The zero-order valence-electron chi connectivity index (χ0n) is 10.8. The van der Waals surface area contributed by atoms with Crippen LogP contribution in [0.3, 0.4) is 0 Å². The van der Waals surface area contributed by atoms with Crippen molar-refractivity contribution in [1.29, 1.82) is 0 Å². The highest BCUT2D eigenvalue weighted by Crippen LogP contribution is 2.13. The third-order valence-corrected chi connectivity index (χ3v) is 2.36. The van der Waals surface area contributed by atoms with Gasteiger partial charge in [0, 0.05) is 18.7 Å². The molecule has 4 nitrogen and oxygen atoms in total. The zero-order valence-corrected chi connectivity index (χ0v) is 10.8. The second-order valence-electron chi connectivity index (χ2n) is 3.76. The van der Waals surface area contributed by atoms with Crippen molar-refractivity contribution >= 4 is 18.0 Å². The quantitative estimate of drug-likeness (QED) is 0.653. The van der Waals surface area contributed by atoms with Crippen molar-refractivity contribution in [3.63, 3.8) is 0 Å². The van der Waals surface area contributed by atoms with Crippen LogP contribution >= 0.6 is 0 Å². The Labute approximate surface area is 107 Å². The van der Waals surface area contributed by atoms with Crippen LogP contribution in [0.4, 0.5) is 0 Å². The topological polar surface area (TPSA) is 55.4 Å². The Bertz CT molecular complexity index is 478. The van der Waals surface area contributed by atoms with Gasteiger partial charge in [-0.1, -0.05) is 17.7 Å². The molecule has 96 valence electrons. The van der Waals surface area contributed by atoms with E-state index in [4.69, 9.17) is 4.74 Å². The van der Waals surface area contributed by atoms with Gasteiger partial charge in [-0.25, -0.2) is 4.79 Å². The number of aryl methyl sites for hydroxylation is 1. The number of nitrogens with one attached hydrogen (secondary N) is 1. The number of carbonyl (C=O) groups excluding carboxylic acids is 2. The second kappa shape index (κ2) is 6.59. The van der Waals surface area contributed by atoms with Crippen LogP contribution in [-0.2, 0) is 9.53 Å². The summed E-state index contributed by atoms with van der Waals surface area (Å²) in [4.78, 5) is 22.9. The molecule has 0 bridgehead atoms. The van der Waals surface area contributed by atoms with E-state index in [2.05, 4.69) is 5.32 Å². The maximum Gasteiger partial charge on any atom is 0.330 e. The standard InChI is InChI=1S/C14H17NO3/c1-4-18-13(16)8-6-11-9-10(2)5-7-12(11)14(17)15-3/h5-9H,4H2,1-3H3,(H,15,17)/b8-6+. The van der Waals surface area contributed by atoms with Crippen molar-refractivity contribution in [1.82, 2.24) is 5.32 Å². The van der Waals surface area contributed by atoms with Crippen LogP contribution in [0.1, 0.15) is 28.4 Å². The highest BCUT2D eigenvalue weighted by atomic mass is 16.5. The summed E-state index contributed by atoms with van der Waals surface area (Å²) in [6.07, 6.45) is 2.92. The summed E-state index contributed by atoms with van der Waals surface area (Å²) < 4.78 is 4.79. The normalized spacial score (nSPS) is 10.4. The van der Waals surface area contributed by atoms with Gasteiger partial charge in [0.15, 0.2) is 0 Å². The molecule has 1 amide bonds. The summed E-state index contributed by atoms with van der Waals surface area (Å²) >= 11 is 0. The predicted molar refractivity (Wildman–Crippen MR) is 70.2 cm³/mol. The Morgan fingerprint density at radius 2 is 2.11 bits per heavy atom. The molecule has 0 fully saturated rings. The first-order chi connectivity index (χ1) is 8.58. The van der Waals surface area contributed by atoms with Crippen LogP contribution in [0.2, 0.25) is 0 Å². The summed E-state index contributed by atoms with van der Waals surface area (Å²) in [5, 5.41) is 2.56. The van der Waals surface area contributed by atoms with Gasteiger partial charge in [0.1, 0.15) is 0 Å². The molecule has 0 heterocycles. The summed E-state index contributed by atoms with van der Waals surface area (Å²) in [7, 11) is 1.57. The predicted octanol–water partition coefficient (Wildman–Crippen LogP) is 1.93. The first-order valence-electron chi connectivity index (χ1n) is 5.76. The van der Waals surface area contributed by atoms with E-state index in [0.717, 1.165) is 5.56 Å². The van der Waals surface area contributed by atoms with Crippen molar-refractivity contribution in [2.75, 3.05) is 13.7 Å². The number of hydrogen-bond donors (Lipinski definition) is 1. The van der Waals surface area contributed by atoms with Crippen LogP contribution in [0.15, 0.2) is 24.3 Å². The maximum absolute atomic E-state index is 11.7. The minimum Gasteiger partial charge on any atom is -0.463 e. The van der Waals surface area contributed by atoms with Crippen molar-refractivity contribution in [3.8, 4) is 0 Å². The van der Waals surface area contributed by atoms with E-state index in [1.807, 2.05) is 19.1 Å². The van der Waals surface area contributed by atoms with Crippen LogP contribution in [0.5, 0.6) is 0 Å². The average molecular weight is 247 g/mol. The van der Waals surface area contributed by atoms with Gasteiger partial charge in [-0.2, -0.15) is 0 Å². The molecule has 0 saturated heterocycles. The lowest BCUT2D eigenvalue weighted by Gasteiger charge is -2.05. The van der Waals surface area contributed by atoms with Gasteiger partial charge in [0.25, 0.3) is 5.91 Å². The molecule has 0 radical (unpaired) electrons. The monoisotopic (exact) mass is 247 g/mol. The smallest absolute Gasteiger partial charge is 0.330 e. The summed E-state index contributed by atoms with van der Waals surface area (Å²) in [6.45, 7) is 4.00. The molecule has 1 N–H and O–H groups in total. The van der Waals surface area contributed by atoms with Crippen molar-refractivity contribution in [3.05, 3.63) is 41.0 Å². The van der Waals surface area contributed by atoms with Gasteiger partial charge in [0.2, 0.25) is 0 Å². The van der Waals surface area contributed by atoms with Gasteiger partial charge in [-0.15, -0.1) is 0 Å². The second-order valence-corrected chi connectivity index (χ2v) is 3.76. The number of rotatable bonds is 4. The van der Waals surface area contributed by atoms with Crippen LogP contribution in [0.25, 0.3) is 6.08 Å². The molecule has 18 heavy (non-hydrogen) atoms. The fraction of sp³-hybridized carbons (Fsp3) is 0.286. The summed E-state index contributed by atoms with van der Waals surface area (Å²) in [6, 6.07) is 5.44. The number of hydrogen-bond acceptors (Lipinski definition) is 3. The van der Waals surface area contributed by atoms with E-state index in [-0.39, 0.29) is 5.91 Å². The van der Waals surface area contributed by atoms with E-state index in [1.54, 1.807) is 26.1 Å². The zero-order chi connectivity index (χ0) is 13.5. The van der Waals surface area contributed by atoms with Crippen LogP contribution in [-0.4, -0.2) is 25.5 Å². The number of benzene rings is 1. The van der Waals surface area contributed by atoms with Crippen molar-refractivity contribution < 1.29 is 14.3 Å². The molecular formula is C14H17NO3. The van der Waals surface area contributed by atoms with Gasteiger partial charge < -0.3 is 10.1 Å². The molecule has 4 heteroatoms. The van der Waals surface area contributed by atoms with Crippen molar-refractivity contribution in [2.45, 2.75) is 13.8 Å². The first-order valence-corrected chi connectivity index (χ1v) is 5.76. The number of carbonyl (C=O) groups is 2. The Morgan fingerprint density at radius 3 is 2.72 bits per heavy atom. The van der Waals surface area contributed by atoms with Crippen molar-refractivity contribution in [2.24, 2.45) is 0 Å². The molecule has 0 unspecified atom stereocenters. The molecule has 0 aromatic heterocycles. The lowest BCUT2D eigenvalue weighted by atomic mass is 10.0. The lowest BCUT2D eigenvalue weighted by molar-refractivity contribution is -0.137. The van der Waals surface area contributed by atoms with Gasteiger partial charge in [-0.05, 0) is 31.6 Å². The fourth-order valence-electron chi connectivity index (χ4n) is 1.51. The molecular weight excluding hydrogens is 230 g/mol. The Morgan fingerprint density at radius 1 is 1.39 bits per heavy atom. The Kier molecular flexibility index (Phi) is 5.11. The molecule has 0 atom stereocenters. The lowest BCUT2D eigenvalue weighted by Crippen LogP contribution is -2.18. The minimum atomic E-state index is -0.415. The third-order valence-electron chi connectivity index (χ3n) is 2.36. The number of esters is 1. The fourth-order valence-corrected chi connectivity index (χ4v) is 1.51. The van der Waals surface area contributed by atoms with Gasteiger partial charge in [-0.3, -0.25) is 4.79 Å². The minimum absolute atomic E-state index is 0.182. The highest BCUT2D eigenvalue weighted by molar-refractivity contribution is 5.99. The largest absolute Gasteiger partial charge is 0.463 e. The van der Waals surface area contributed by atoms with E-state index in [9.17, 15) is 9.59 Å². The third kappa shape index (κ3) is 3.73. The van der Waals surface area contributed by atoms with Gasteiger partial charge in [0.05, 0.1) is 6.61 Å². The van der Waals surface area contributed by atoms with Crippen LogP contribution < -0.4 is 5.32 Å². The molecule has 1 rings (SSSR count). The molecule has 1 aromatic carbocycles. The molecule has 0 aliphatic carbocycles. The van der Waals surface area contributed by atoms with E-state index in [0.29, 0.717) is 17.7 Å².